The Kier molecular flexibility index (Phi) is 3.95. The molecule has 23 heavy (non-hydrogen) atoms. The highest BCUT2D eigenvalue weighted by Gasteiger charge is 2.22. The molecule has 0 amide bonds. The van der Waals surface area contributed by atoms with Crippen LogP contribution in [0.5, 0.6) is 0 Å². The van der Waals surface area contributed by atoms with E-state index in [0.717, 1.165) is 12.1 Å². The van der Waals surface area contributed by atoms with E-state index < -0.39 is 23.0 Å². The minimum Gasteiger partial charge on any atom is -0.261 e. The number of halogens is 3. The monoisotopic (exact) mass is 339 g/mol. The molecule has 0 fully saturated rings. The highest BCUT2D eigenvalue weighted by atomic mass is 32.2. The fraction of sp³-hybridized carbons (Fsp3) is 0.0714. The second-order valence-electron chi connectivity index (χ2n) is 4.50. The second kappa shape index (κ2) is 5.92. The molecule has 9 heteroatoms. The Hall–Kier alpha value is -2.55. The lowest BCUT2D eigenvalue weighted by molar-refractivity contribution is -0.387. The summed E-state index contributed by atoms with van der Waals surface area (Å²) in [5.41, 5.74) is 0.0673. The summed E-state index contributed by atoms with van der Waals surface area (Å²) in [5, 5.41) is 10.9. The van der Waals surface area contributed by atoms with E-state index in [1.54, 1.807) is 18.2 Å². The van der Waals surface area contributed by atoms with Crippen molar-refractivity contribution in [3.05, 3.63) is 58.4 Å². The number of nitrogens with zero attached hydrogens (tertiary/aromatic N) is 3. The molecule has 2 aromatic carbocycles. The highest BCUT2D eigenvalue weighted by molar-refractivity contribution is 7.99. The zero-order valence-corrected chi connectivity index (χ0v) is 12.1. The Morgan fingerprint density at radius 1 is 1.22 bits per heavy atom. The van der Waals surface area contributed by atoms with Gasteiger partial charge in [0.1, 0.15) is 5.82 Å². The van der Waals surface area contributed by atoms with Crippen LogP contribution < -0.4 is 0 Å². The van der Waals surface area contributed by atoms with Gasteiger partial charge in [-0.25, -0.2) is 9.37 Å². The van der Waals surface area contributed by atoms with Gasteiger partial charge in [0.15, 0.2) is 5.16 Å². The van der Waals surface area contributed by atoms with Gasteiger partial charge in [0.2, 0.25) is 0 Å². The number of nitro benzene ring substituents is 1. The summed E-state index contributed by atoms with van der Waals surface area (Å²) in [6.45, 7) is -2.86. The summed E-state index contributed by atoms with van der Waals surface area (Å²) in [6.07, 6.45) is 0. The van der Waals surface area contributed by atoms with Gasteiger partial charge in [-0.1, -0.05) is 12.1 Å². The molecule has 1 aromatic heterocycles. The molecule has 0 saturated heterocycles. The molecule has 3 aromatic rings. The Labute approximate surface area is 131 Å². The van der Waals surface area contributed by atoms with Gasteiger partial charge in [-0.05, 0) is 36.0 Å². The van der Waals surface area contributed by atoms with Crippen molar-refractivity contribution < 1.29 is 18.1 Å². The van der Waals surface area contributed by atoms with Gasteiger partial charge in [-0.2, -0.15) is 8.78 Å². The van der Waals surface area contributed by atoms with Gasteiger partial charge < -0.3 is 0 Å². The van der Waals surface area contributed by atoms with Crippen LogP contribution in [0.3, 0.4) is 0 Å². The van der Waals surface area contributed by atoms with Gasteiger partial charge in [0.05, 0.1) is 26.9 Å². The summed E-state index contributed by atoms with van der Waals surface area (Å²) < 4.78 is 40.5. The lowest BCUT2D eigenvalue weighted by Crippen LogP contribution is -2.00. The summed E-state index contributed by atoms with van der Waals surface area (Å²) in [4.78, 5) is 14.4. The first-order valence-electron chi connectivity index (χ1n) is 6.34. The van der Waals surface area contributed by atoms with E-state index in [1.807, 2.05) is 0 Å². The molecule has 0 bridgehead atoms. The molecule has 0 aliphatic heterocycles. The number of fused-ring (bicyclic) bond motifs is 1. The average molecular weight is 339 g/mol. The zero-order chi connectivity index (χ0) is 16.6. The van der Waals surface area contributed by atoms with Crippen LogP contribution in [0.25, 0.3) is 11.0 Å². The number of imidazole rings is 1. The largest absolute Gasteiger partial charge is 0.321 e. The van der Waals surface area contributed by atoms with Crippen molar-refractivity contribution in [3.63, 3.8) is 0 Å². The number of nitro groups is 1. The first kappa shape index (κ1) is 15.3. The Balaban J connectivity index is 2.12. The van der Waals surface area contributed by atoms with Crippen LogP contribution in [0, 0.1) is 15.9 Å². The number of hydrogen-bond acceptors (Lipinski definition) is 4. The molecule has 0 aliphatic carbocycles. The number of alkyl halides is 2. The summed E-state index contributed by atoms with van der Waals surface area (Å²) >= 11 is 0.695. The van der Waals surface area contributed by atoms with Crippen LogP contribution in [0.2, 0.25) is 0 Å². The van der Waals surface area contributed by atoms with Crippen molar-refractivity contribution in [1.82, 2.24) is 9.55 Å². The van der Waals surface area contributed by atoms with E-state index in [-0.39, 0.29) is 15.6 Å². The zero-order valence-electron chi connectivity index (χ0n) is 11.3. The van der Waals surface area contributed by atoms with Gasteiger partial charge in [-0.15, -0.1) is 0 Å². The molecule has 0 unspecified atom stereocenters. The van der Waals surface area contributed by atoms with Crippen LogP contribution in [0.1, 0.15) is 6.55 Å². The smallest absolute Gasteiger partial charge is 0.261 e. The molecule has 0 atom stereocenters. The maximum Gasteiger partial charge on any atom is 0.321 e. The molecule has 1 heterocycles. The minimum atomic E-state index is -2.86. The van der Waals surface area contributed by atoms with E-state index >= 15 is 0 Å². The second-order valence-corrected chi connectivity index (χ2v) is 5.51. The maximum atomic E-state index is 13.3. The predicted octanol–water partition coefficient (Wildman–Crippen LogP) is 4.63. The van der Waals surface area contributed by atoms with Crippen LogP contribution >= 0.6 is 11.8 Å². The number of para-hydroxylation sites is 2. The minimum absolute atomic E-state index is 0.0357. The predicted molar refractivity (Wildman–Crippen MR) is 78.2 cm³/mol. The topological polar surface area (TPSA) is 61.0 Å². The molecule has 5 nitrogen and oxygen atoms in total. The first-order chi connectivity index (χ1) is 11.0. The summed E-state index contributed by atoms with van der Waals surface area (Å²) in [5.74, 6) is -0.775. The van der Waals surface area contributed by atoms with Gasteiger partial charge >= 0.3 is 6.55 Å². The molecule has 118 valence electrons. The molecule has 0 radical (unpaired) electrons. The van der Waals surface area contributed by atoms with E-state index in [1.165, 1.54) is 12.1 Å². The average Bonchev–Trinajstić information content (AvgIpc) is 2.86. The Morgan fingerprint density at radius 2 is 1.96 bits per heavy atom. The number of rotatable bonds is 4. The standard InChI is InChI=1S/C14H8F3N3O2S/c15-8-5-6-12(11(7-8)20(21)22)23-14-18-9-3-1-2-4-10(9)19(14)13(16)17/h1-7,13H. The third kappa shape index (κ3) is 2.87. The van der Waals surface area contributed by atoms with Gasteiger partial charge in [0.25, 0.3) is 5.69 Å². The molecule has 3 rings (SSSR count). The molecule has 0 aliphatic rings. The maximum absolute atomic E-state index is 13.3. The van der Waals surface area contributed by atoms with E-state index in [0.29, 0.717) is 21.8 Å². The van der Waals surface area contributed by atoms with Crippen molar-refractivity contribution in [1.29, 1.82) is 0 Å². The van der Waals surface area contributed by atoms with Crippen molar-refractivity contribution >= 4 is 28.5 Å². The normalized spacial score (nSPS) is 11.3. The molecular formula is C14H8F3N3O2S. The molecular weight excluding hydrogens is 331 g/mol. The third-order valence-corrected chi connectivity index (χ3v) is 4.11. The van der Waals surface area contributed by atoms with Crippen molar-refractivity contribution in [2.24, 2.45) is 0 Å². The molecule has 0 spiro atoms. The first-order valence-corrected chi connectivity index (χ1v) is 7.16. The lowest BCUT2D eigenvalue weighted by atomic mass is 10.3. The fourth-order valence-corrected chi connectivity index (χ4v) is 3.09. The Bertz CT molecular complexity index is 898. The van der Waals surface area contributed by atoms with Crippen molar-refractivity contribution in [2.45, 2.75) is 16.6 Å². The summed E-state index contributed by atoms with van der Waals surface area (Å²) in [6, 6.07) is 9.25. The summed E-state index contributed by atoms with van der Waals surface area (Å²) in [7, 11) is 0. The van der Waals surface area contributed by atoms with E-state index in [2.05, 4.69) is 4.98 Å². The Morgan fingerprint density at radius 3 is 2.65 bits per heavy atom. The van der Waals surface area contributed by atoms with Crippen LogP contribution in [0.4, 0.5) is 18.9 Å². The van der Waals surface area contributed by atoms with Crippen molar-refractivity contribution in [2.75, 3.05) is 0 Å². The lowest BCUT2D eigenvalue weighted by Gasteiger charge is -2.07. The fourth-order valence-electron chi connectivity index (χ4n) is 2.10. The third-order valence-electron chi connectivity index (χ3n) is 3.08. The van der Waals surface area contributed by atoms with Gasteiger partial charge in [-0.3, -0.25) is 14.7 Å². The highest BCUT2D eigenvalue weighted by Crippen LogP contribution is 2.37. The van der Waals surface area contributed by atoms with Crippen LogP contribution in [-0.2, 0) is 0 Å². The van der Waals surface area contributed by atoms with E-state index in [4.69, 9.17) is 0 Å². The van der Waals surface area contributed by atoms with Gasteiger partial charge in [0, 0.05) is 0 Å². The number of hydrogen-bond donors (Lipinski definition) is 0. The quantitative estimate of drug-likeness (QED) is 0.513. The molecule has 0 saturated carbocycles. The molecule has 0 N–H and O–H groups in total. The van der Waals surface area contributed by atoms with Crippen LogP contribution in [-0.4, -0.2) is 14.5 Å². The number of benzene rings is 2. The number of aromatic nitrogens is 2. The SMILES string of the molecule is O=[N+]([O-])c1cc(F)ccc1Sc1nc2ccccc2n1C(F)F. The van der Waals surface area contributed by atoms with Crippen molar-refractivity contribution in [3.8, 4) is 0 Å². The van der Waals surface area contributed by atoms with Crippen LogP contribution in [0.15, 0.2) is 52.5 Å². The van der Waals surface area contributed by atoms with E-state index in [9.17, 15) is 23.3 Å².